The quantitative estimate of drug-likeness (QED) is 0.829. The Morgan fingerprint density at radius 1 is 1.21 bits per heavy atom. The number of piperidine rings is 1. The highest BCUT2D eigenvalue weighted by atomic mass is 16.2. The van der Waals surface area contributed by atoms with Gasteiger partial charge in [-0.3, -0.25) is 4.79 Å². The van der Waals surface area contributed by atoms with Gasteiger partial charge in [0.25, 0.3) is 0 Å². The summed E-state index contributed by atoms with van der Waals surface area (Å²) in [6, 6.07) is 11.0. The van der Waals surface area contributed by atoms with Crippen molar-refractivity contribution in [2.24, 2.45) is 11.3 Å². The second-order valence-corrected chi connectivity index (χ2v) is 7.61. The average Bonchev–Trinajstić information content (AvgIpc) is 3.32. The van der Waals surface area contributed by atoms with Crippen LogP contribution in [0, 0.1) is 11.3 Å². The van der Waals surface area contributed by atoms with Gasteiger partial charge in [-0.05, 0) is 62.6 Å². The van der Waals surface area contributed by atoms with Crippen molar-refractivity contribution in [1.29, 1.82) is 0 Å². The van der Waals surface area contributed by atoms with Gasteiger partial charge in [0, 0.05) is 18.5 Å². The number of carbonyl (C=O) groups is 1. The molecule has 3 heteroatoms. The van der Waals surface area contributed by atoms with Gasteiger partial charge in [0.1, 0.15) is 0 Å². The summed E-state index contributed by atoms with van der Waals surface area (Å²) in [5, 5.41) is 3.44. The van der Waals surface area contributed by atoms with Crippen LogP contribution in [-0.2, 0) is 11.2 Å². The molecule has 1 aliphatic heterocycles. The predicted molar refractivity (Wildman–Crippen MR) is 98.9 cm³/mol. The fourth-order valence-electron chi connectivity index (χ4n) is 4.47. The number of nitrogens with zero attached hydrogens (tertiary/aromatic N) is 1. The Bertz CT molecular complexity index is 532. The first kappa shape index (κ1) is 17.5. The van der Waals surface area contributed by atoms with Crippen molar-refractivity contribution in [3.63, 3.8) is 0 Å². The van der Waals surface area contributed by atoms with E-state index in [9.17, 15) is 4.79 Å². The predicted octanol–water partition coefficient (Wildman–Crippen LogP) is 3.64. The Morgan fingerprint density at radius 3 is 2.50 bits per heavy atom. The van der Waals surface area contributed by atoms with Gasteiger partial charge < -0.3 is 10.2 Å². The van der Waals surface area contributed by atoms with Crippen LogP contribution in [0.1, 0.15) is 51.5 Å². The molecule has 0 radical (unpaired) electrons. The number of hydrogen-bond donors (Lipinski definition) is 1. The van der Waals surface area contributed by atoms with E-state index in [1.165, 1.54) is 18.4 Å². The molecule has 2 aliphatic rings. The topological polar surface area (TPSA) is 32.3 Å². The van der Waals surface area contributed by atoms with Gasteiger partial charge in [-0.15, -0.1) is 0 Å². The average molecular weight is 329 g/mol. The van der Waals surface area contributed by atoms with Gasteiger partial charge in [0.05, 0.1) is 0 Å². The molecule has 1 atom stereocenters. The Balaban J connectivity index is 1.66. The minimum atomic E-state index is 0.288. The molecule has 1 heterocycles. The molecule has 3 rings (SSSR count). The van der Waals surface area contributed by atoms with E-state index >= 15 is 0 Å². The number of benzene rings is 1. The molecule has 1 amide bonds. The molecular formula is C21H32N2O. The zero-order chi connectivity index (χ0) is 17.0. The van der Waals surface area contributed by atoms with E-state index in [1.807, 2.05) is 0 Å². The van der Waals surface area contributed by atoms with Crippen molar-refractivity contribution in [2.75, 3.05) is 19.6 Å². The molecule has 1 N–H and O–H groups in total. The van der Waals surface area contributed by atoms with E-state index in [4.69, 9.17) is 0 Å². The summed E-state index contributed by atoms with van der Waals surface area (Å²) in [5.41, 5.74) is 1.66. The number of carbonyl (C=O) groups excluding carboxylic acids is 1. The first-order valence-corrected chi connectivity index (χ1v) is 9.75. The van der Waals surface area contributed by atoms with Crippen LogP contribution in [0.2, 0.25) is 0 Å². The number of amides is 1. The lowest BCUT2D eigenvalue weighted by Crippen LogP contribution is -2.43. The minimum Gasteiger partial charge on any atom is -0.339 e. The smallest absolute Gasteiger partial charge is 0.226 e. The van der Waals surface area contributed by atoms with E-state index in [0.29, 0.717) is 17.4 Å². The maximum absolute atomic E-state index is 13.3. The molecule has 0 unspecified atom stereocenters. The molecule has 1 spiro atoms. The fraction of sp³-hybridized carbons (Fsp3) is 0.667. The lowest BCUT2D eigenvalue weighted by molar-refractivity contribution is -0.136. The molecule has 1 aliphatic carbocycles. The highest BCUT2D eigenvalue weighted by molar-refractivity contribution is 5.83. The van der Waals surface area contributed by atoms with Crippen LogP contribution in [0.5, 0.6) is 0 Å². The number of nitrogens with one attached hydrogen (secondary N) is 1. The Kier molecular flexibility index (Phi) is 5.60. The SMILES string of the molecule is CCC(CC)N(CCc1ccccc1)C(=O)[C@H]1CC12CCNCC2. The maximum atomic E-state index is 13.3. The van der Waals surface area contributed by atoms with Gasteiger partial charge in [-0.1, -0.05) is 44.2 Å². The van der Waals surface area contributed by atoms with Crippen molar-refractivity contribution < 1.29 is 4.79 Å². The second kappa shape index (κ2) is 7.69. The lowest BCUT2D eigenvalue weighted by Gasteiger charge is -2.32. The molecule has 1 saturated carbocycles. The molecule has 24 heavy (non-hydrogen) atoms. The van der Waals surface area contributed by atoms with E-state index in [0.717, 1.165) is 45.3 Å². The van der Waals surface area contributed by atoms with Crippen molar-refractivity contribution in [3.8, 4) is 0 Å². The highest BCUT2D eigenvalue weighted by Crippen LogP contribution is 2.59. The number of rotatable bonds is 7. The van der Waals surface area contributed by atoms with Crippen molar-refractivity contribution in [3.05, 3.63) is 35.9 Å². The summed E-state index contributed by atoms with van der Waals surface area (Å²) in [6.07, 6.45) is 6.55. The van der Waals surface area contributed by atoms with Gasteiger partial charge in [-0.2, -0.15) is 0 Å². The summed E-state index contributed by atoms with van der Waals surface area (Å²) < 4.78 is 0. The van der Waals surface area contributed by atoms with Crippen molar-refractivity contribution in [2.45, 2.75) is 58.4 Å². The lowest BCUT2D eigenvalue weighted by atomic mass is 9.91. The molecule has 132 valence electrons. The van der Waals surface area contributed by atoms with Crippen LogP contribution >= 0.6 is 0 Å². The van der Waals surface area contributed by atoms with E-state index in [2.05, 4.69) is 54.4 Å². The van der Waals surface area contributed by atoms with Gasteiger partial charge in [-0.25, -0.2) is 0 Å². The molecule has 0 aromatic heterocycles. The van der Waals surface area contributed by atoms with Crippen molar-refractivity contribution >= 4 is 5.91 Å². The third kappa shape index (κ3) is 3.66. The third-order valence-corrected chi connectivity index (χ3v) is 6.24. The maximum Gasteiger partial charge on any atom is 0.226 e. The van der Waals surface area contributed by atoms with Crippen LogP contribution in [0.4, 0.5) is 0 Å². The fourth-order valence-corrected chi connectivity index (χ4v) is 4.47. The van der Waals surface area contributed by atoms with Crippen LogP contribution in [0.15, 0.2) is 30.3 Å². The van der Waals surface area contributed by atoms with Crippen LogP contribution in [0.3, 0.4) is 0 Å². The van der Waals surface area contributed by atoms with Gasteiger partial charge in [0.15, 0.2) is 0 Å². The minimum absolute atomic E-state index is 0.288. The summed E-state index contributed by atoms with van der Waals surface area (Å²) in [4.78, 5) is 15.5. The summed E-state index contributed by atoms with van der Waals surface area (Å²) in [7, 11) is 0. The van der Waals surface area contributed by atoms with Crippen LogP contribution in [-0.4, -0.2) is 36.5 Å². The molecule has 1 saturated heterocycles. The zero-order valence-corrected chi connectivity index (χ0v) is 15.3. The second-order valence-electron chi connectivity index (χ2n) is 7.61. The van der Waals surface area contributed by atoms with Crippen LogP contribution in [0.25, 0.3) is 0 Å². The first-order valence-electron chi connectivity index (χ1n) is 9.75. The molecule has 1 aromatic carbocycles. The van der Waals surface area contributed by atoms with Gasteiger partial charge >= 0.3 is 0 Å². The molecule has 0 bridgehead atoms. The zero-order valence-electron chi connectivity index (χ0n) is 15.3. The monoisotopic (exact) mass is 328 g/mol. The molecule has 3 nitrogen and oxygen atoms in total. The Morgan fingerprint density at radius 2 is 1.88 bits per heavy atom. The largest absolute Gasteiger partial charge is 0.339 e. The highest BCUT2D eigenvalue weighted by Gasteiger charge is 2.58. The molecular weight excluding hydrogens is 296 g/mol. The first-order chi connectivity index (χ1) is 11.7. The summed E-state index contributed by atoms with van der Waals surface area (Å²) >= 11 is 0. The van der Waals surface area contributed by atoms with E-state index < -0.39 is 0 Å². The standard InChI is InChI=1S/C21H32N2O/c1-3-18(4-2)23(15-10-17-8-6-5-7-9-17)20(24)19-16-21(19)11-13-22-14-12-21/h5-9,18-19,22H,3-4,10-16H2,1-2H3/t19-/m1/s1. The summed E-state index contributed by atoms with van der Waals surface area (Å²) in [5.74, 6) is 0.720. The Hall–Kier alpha value is -1.35. The Labute approximate surface area is 146 Å². The summed E-state index contributed by atoms with van der Waals surface area (Å²) in [6.45, 7) is 7.45. The van der Waals surface area contributed by atoms with Gasteiger partial charge in [0.2, 0.25) is 5.91 Å². The van der Waals surface area contributed by atoms with Crippen molar-refractivity contribution in [1.82, 2.24) is 10.2 Å². The van der Waals surface area contributed by atoms with E-state index in [-0.39, 0.29) is 5.92 Å². The number of hydrogen-bond acceptors (Lipinski definition) is 2. The normalized spacial score (nSPS) is 21.9. The third-order valence-electron chi connectivity index (χ3n) is 6.24. The molecule has 1 aromatic rings. The van der Waals surface area contributed by atoms with E-state index in [1.54, 1.807) is 0 Å². The molecule has 2 fully saturated rings. The van der Waals surface area contributed by atoms with Crippen LogP contribution < -0.4 is 5.32 Å².